The van der Waals surface area contributed by atoms with E-state index in [1.165, 1.54) is 12.8 Å². The van der Waals surface area contributed by atoms with Crippen LogP contribution in [0.4, 0.5) is 11.4 Å². The van der Waals surface area contributed by atoms with E-state index in [9.17, 15) is 0 Å². The third kappa shape index (κ3) is 2.46. The molecule has 0 spiro atoms. The molecule has 1 aliphatic heterocycles. The number of nitrogens with two attached hydrogens (primary N) is 1. The van der Waals surface area contributed by atoms with Gasteiger partial charge in [0.1, 0.15) is 0 Å². The number of nitrogen functional groups attached to an aromatic ring is 1. The van der Waals surface area contributed by atoms with Crippen molar-refractivity contribution in [2.75, 3.05) is 23.7 Å². The van der Waals surface area contributed by atoms with E-state index in [0.717, 1.165) is 34.2 Å². The fourth-order valence-electron chi connectivity index (χ4n) is 2.28. The van der Waals surface area contributed by atoms with E-state index in [1.807, 2.05) is 12.1 Å². The average molecular weight is 304 g/mol. The molecule has 2 N–H and O–H groups in total. The van der Waals surface area contributed by atoms with Crippen molar-refractivity contribution in [2.24, 2.45) is 5.92 Å². The molecule has 0 bridgehead atoms. The van der Waals surface area contributed by atoms with E-state index in [2.05, 4.69) is 27.8 Å². The first-order valence-corrected chi connectivity index (χ1v) is 6.74. The lowest BCUT2D eigenvalue weighted by atomic mass is 10.00. The standard InChI is InChI=1S/C12H16BrClN2/c1-8-3-2-4-16(7-8)12-10(13)5-9(15)6-11(12)14/h5-6,8H,2-4,7,15H2,1H3. The lowest BCUT2D eigenvalue weighted by Crippen LogP contribution is -2.34. The second-order valence-electron chi connectivity index (χ2n) is 4.53. The van der Waals surface area contributed by atoms with E-state index in [0.29, 0.717) is 5.69 Å². The van der Waals surface area contributed by atoms with Crippen molar-refractivity contribution < 1.29 is 0 Å². The Bertz CT molecular complexity index is 372. The smallest absolute Gasteiger partial charge is 0.0701 e. The maximum absolute atomic E-state index is 6.26. The van der Waals surface area contributed by atoms with Crippen LogP contribution < -0.4 is 10.6 Å². The van der Waals surface area contributed by atoms with Crippen molar-refractivity contribution in [3.63, 3.8) is 0 Å². The maximum atomic E-state index is 6.26. The number of hydrogen-bond acceptors (Lipinski definition) is 2. The van der Waals surface area contributed by atoms with Gasteiger partial charge in [0.2, 0.25) is 0 Å². The minimum Gasteiger partial charge on any atom is -0.399 e. The van der Waals surface area contributed by atoms with Crippen LogP contribution in [0.2, 0.25) is 5.02 Å². The lowest BCUT2D eigenvalue weighted by molar-refractivity contribution is 0.446. The van der Waals surface area contributed by atoms with Crippen molar-refractivity contribution in [3.05, 3.63) is 21.6 Å². The van der Waals surface area contributed by atoms with Crippen molar-refractivity contribution in [1.29, 1.82) is 0 Å². The van der Waals surface area contributed by atoms with Crippen molar-refractivity contribution in [3.8, 4) is 0 Å². The van der Waals surface area contributed by atoms with E-state index in [4.69, 9.17) is 17.3 Å². The Kier molecular flexibility index (Phi) is 3.65. The van der Waals surface area contributed by atoms with Gasteiger partial charge in [0, 0.05) is 23.2 Å². The molecule has 2 nitrogen and oxygen atoms in total. The molecule has 1 fully saturated rings. The number of benzene rings is 1. The highest BCUT2D eigenvalue weighted by atomic mass is 79.9. The maximum Gasteiger partial charge on any atom is 0.0701 e. The highest BCUT2D eigenvalue weighted by molar-refractivity contribution is 9.10. The van der Waals surface area contributed by atoms with Crippen LogP contribution in [0.3, 0.4) is 0 Å². The van der Waals surface area contributed by atoms with Gasteiger partial charge in [-0.15, -0.1) is 0 Å². The molecule has 0 saturated carbocycles. The summed E-state index contributed by atoms with van der Waals surface area (Å²) in [4.78, 5) is 2.35. The predicted molar refractivity (Wildman–Crippen MR) is 74.2 cm³/mol. The predicted octanol–water partition coefficient (Wildman–Crippen LogP) is 3.92. The van der Waals surface area contributed by atoms with E-state index >= 15 is 0 Å². The normalized spacial score (nSPS) is 21.2. The second kappa shape index (κ2) is 4.84. The van der Waals surface area contributed by atoms with E-state index < -0.39 is 0 Å². The van der Waals surface area contributed by atoms with Gasteiger partial charge >= 0.3 is 0 Å². The highest BCUT2D eigenvalue weighted by Gasteiger charge is 2.20. The van der Waals surface area contributed by atoms with Crippen LogP contribution in [0.25, 0.3) is 0 Å². The Morgan fingerprint density at radius 3 is 2.88 bits per heavy atom. The van der Waals surface area contributed by atoms with Crippen LogP contribution in [0.1, 0.15) is 19.8 Å². The molecule has 0 aromatic heterocycles. The highest BCUT2D eigenvalue weighted by Crippen LogP contribution is 2.37. The summed E-state index contributed by atoms with van der Waals surface area (Å²) in [6.45, 7) is 4.43. The van der Waals surface area contributed by atoms with Gasteiger partial charge in [-0.05, 0) is 46.8 Å². The summed E-state index contributed by atoms with van der Waals surface area (Å²) in [6, 6.07) is 3.74. The van der Waals surface area contributed by atoms with Crippen LogP contribution in [-0.4, -0.2) is 13.1 Å². The third-order valence-corrected chi connectivity index (χ3v) is 3.91. The molecule has 88 valence electrons. The van der Waals surface area contributed by atoms with Crippen LogP contribution >= 0.6 is 27.5 Å². The minimum atomic E-state index is 0.700. The molecule has 1 atom stereocenters. The van der Waals surface area contributed by atoms with Crippen molar-refractivity contribution in [2.45, 2.75) is 19.8 Å². The summed E-state index contributed by atoms with van der Waals surface area (Å²) < 4.78 is 0.992. The average Bonchev–Trinajstić information content (AvgIpc) is 2.15. The van der Waals surface area contributed by atoms with Gasteiger partial charge in [0.15, 0.2) is 0 Å². The molecule has 1 aromatic rings. The third-order valence-electron chi connectivity index (χ3n) is 3.01. The monoisotopic (exact) mass is 302 g/mol. The molecule has 1 saturated heterocycles. The Hall–Kier alpha value is -0.410. The molecule has 4 heteroatoms. The SMILES string of the molecule is CC1CCCN(c2c(Cl)cc(N)cc2Br)C1. The summed E-state index contributed by atoms with van der Waals surface area (Å²) in [6.07, 6.45) is 2.54. The summed E-state index contributed by atoms with van der Waals surface area (Å²) in [7, 11) is 0. The summed E-state index contributed by atoms with van der Waals surface area (Å²) in [5.41, 5.74) is 7.54. The van der Waals surface area contributed by atoms with E-state index in [1.54, 1.807) is 0 Å². The van der Waals surface area contributed by atoms with Gasteiger partial charge in [-0.1, -0.05) is 18.5 Å². The van der Waals surface area contributed by atoms with Crippen molar-refractivity contribution >= 4 is 38.9 Å². The molecule has 1 unspecified atom stereocenters. The molecule has 0 aliphatic carbocycles. The van der Waals surface area contributed by atoms with Crippen LogP contribution in [0, 0.1) is 5.92 Å². The number of hydrogen-bond donors (Lipinski definition) is 1. The quantitative estimate of drug-likeness (QED) is 0.797. The molecule has 1 aliphatic rings. The molecular formula is C12H16BrClN2. The van der Waals surface area contributed by atoms with Gasteiger partial charge < -0.3 is 10.6 Å². The number of halogens is 2. The molecular weight excluding hydrogens is 288 g/mol. The van der Waals surface area contributed by atoms with Crippen LogP contribution in [0.15, 0.2) is 16.6 Å². The zero-order valence-electron chi connectivity index (χ0n) is 9.34. The first-order chi connectivity index (χ1) is 7.58. The van der Waals surface area contributed by atoms with E-state index in [-0.39, 0.29) is 0 Å². The first kappa shape index (κ1) is 12.1. The van der Waals surface area contributed by atoms with Gasteiger partial charge in [0.05, 0.1) is 10.7 Å². The molecule has 0 radical (unpaired) electrons. The Morgan fingerprint density at radius 1 is 1.50 bits per heavy atom. The Labute approximate surface area is 110 Å². The summed E-state index contributed by atoms with van der Waals surface area (Å²) >= 11 is 9.81. The first-order valence-electron chi connectivity index (χ1n) is 5.57. The van der Waals surface area contributed by atoms with Crippen LogP contribution in [0.5, 0.6) is 0 Å². The number of rotatable bonds is 1. The second-order valence-corrected chi connectivity index (χ2v) is 5.79. The number of nitrogens with zero attached hydrogens (tertiary/aromatic N) is 1. The molecule has 16 heavy (non-hydrogen) atoms. The van der Waals surface area contributed by atoms with Gasteiger partial charge in [0.25, 0.3) is 0 Å². The molecule has 0 amide bonds. The molecule has 1 heterocycles. The molecule has 2 rings (SSSR count). The van der Waals surface area contributed by atoms with Gasteiger partial charge in [-0.2, -0.15) is 0 Å². The summed E-state index contributed by atoms with van der Waals surface area (Å²) in [5.74, 6) is 0.731. The van der Waals surface area contributed by atoms with Crippen molar-refractivity contribution in [1.82, 2.24) is 0 Å². The molecule has 1 aromatic carbocycles. The Morgan fingerprint density at radius 2 is 2.25 bits per heavy atom. The largest absolute Gasteiger partial charge is 0.399 e. The van der Waals surface area contributed by atoms with Gasteiger partial charge in [-0.3, -0.25) is 0 Å². The fraction of sp³-hybridized carbons (Fsp3) is 0.500. The minimum absolute atomic E-state index is 0.700. The number of piperidine rings is 1. The zero-order valence-corrected chi connectivity index (χ0v) is 11.7. The van der Waals surface area contributed by atoms with Crippen LogP contribution in [-0.2, 0) is 0 Å². The van der Waals surface area contributed by atoms with Gasteiger partial charge in [-0.25, -0.2) is 0 Å². The topological polar surface area (TPSA) is 29.3 Å². The lowest BCUT2D eigenvalue weighted by Gasteiger charge is -2.34. The summed E-state index contributed by atoms with van der Waals surface area (Å²) in [5, 5.41) is 0.737. The number of anilines is 2. The Balaban J connectivity index is 2.32. The fourth-order valence-corrected chi connectivity index (χ4v) is 3.47. The zero-order chi connectivity index (χ0) is 11.7.